The van der Waals surface area contributed by atoms with Gasteiger partial charge in [-0.05, 0) is 18.1 Å². The number of hydrogen-bond acceptors (Lipinski definition) is 4. The SMILES string of the molecule is Cc1cncc(C(N)C2COCCO2)c1. The van der Waals surface area contributed by atoms with Crippen molar-refractivity contribution in [3.05, 3.63) is 29.6 Å². The van der Waals surface area contributed by atoms with Crippen LogP contribution in [0.25, 0.3) is 0 Å². The number of nitrogens with two attached hydrogens (primary N) is 1. The fourth-order valence-electron chi connectivity index (χ4n) is 1.69. The zero-order valence-electron chi connectivity index (χ0n) is 8.85. The Morgan fingerprint density at radius 3 is 3.00 bits per heavy atom. The second kappa shape index (κ2) is 4.70. The van der Waals surface area contributed by atoms with Crippen molar-refractivity contribution in [3.63, 3.8) is 0 Å². The molecule has 1 fully saturated rings. The highest BCUT2D eigenvalue weighted by Crippen LogP contribution is 2.18. The standard InChI is InChI=1S/C11H16N2O2/c1-8-4-9(6-13-5-8)11(12)10-7-14-2-3-15-10/h4-6,10-11H,2-3,7,12H2,1H3. The average Bonchev–Trinajstić information content (AvgIpc) is 2.29. The maximum atomic E-state index is 6.09. The van der Waals surface area contributed by atoms with Crippen molar-refractivity contribution in [1.82, 2.24) is 4.98 Å². The summed E-state index contributed by atoms with van der Waals surface area (Å²) in [5.41, 5.74) is 8.21. The molecule has 2 N–H and O–H groups in total. The molecule has 0 aromatic carbocycles. The zero-order valence-corrected chi connectivity index (χ0v) is 8.85. The Labute approximate surface area is 89.4 Å². The molecule has 4 nitrogen and oxygen atoms in total. The van der Waals surface area contributed by atoms with Crippen LogP contribution in [0, 0.1) is 6.92 Å². The smallest absolute Gasteiger partial charge is 0.100 e. The molecule has 1 aliphatic heterocycles. The molecule has 1 aromatic rings. The summed E-state index contributed by atoms with van der Waals surface area (Å²) in [6.45, 7) is 3.85. The highest BCUT2D eigenvalue weighted by molar-refractivity contribution is 5.20. The summed E-state index contributed by atoms with van der Waals surface area (Å²) >= 11 is 0. The van der Waals surface area contributed by atoms with Crippen LogP contribution in [-0.4, -0.2) is 30.9 Å². The summed E-state index contributed by atoms with van der Waals surface area (Å²) in [6.07, 6.45) is 3.55. The fourth-order valence-corrected chi connectivity index (χ4v) is 1.69. The number of aryl methyl sites for hydroxylation is 1. The molecule has 0 aliphatic carbocycles. The lowest BCUT2D eigenvalue weighted by Gasteiger charge is -2.28. The Morgan fingerprint density at radius 1 is 1.47 bits per heavy atom. The van der Waals surface area contributed by atoms with E-state index in [-0.39, 0.29) is 12.1 Å². The third-order valence-corrected chi connectivity index (χ3v) is 2.52. The molecule has 0 spiro atoms. The number of aromatic nitrogens is 1. The Bertz CT molecular complexity index is 324. The van der Waals surface area contributed by atoms with Crippen LogP contribution in [0.4, 0.5) is 0 Å². The molecule has 2 heterocycles. The van der Waals surface area contributed by atoms with Gasteiger partial charge in [-0.25, -0.2) is 0 Å². The summed E-state index contributed by atoms with van der Waals surface area (Å²) < 4.78 is 10.9. The summed E-state index contributed by atoms with van der Waals surface area (Å²) in [7, 11) is 0. The lowest BCUT2D eigenvalue weighted by Crippen LogP contribution is -2.37. The quantitative estimate of drug-likeness (QED) is 0.781. The third kappa shape index (κ3) is 2.53. The van der Waals surface area contributed by atoms with Crippen molar-refractivity contribution < 1.29 is 9.47 Å². The molecule has 0 amide bonds. The molecular weight excluding hydrogens is 192 g/mol. The molecule has 1 aliphatic rings. The molecule has 0 bridgehead atoms. The first-order valence-electron chi connectivity index (χ1n) is 5.14. The van der Waals surface area contributed by atoms with Crippen molar-refractivity contribution >= 4 is 0 Å². The number of rotatable bonds is 2. The Morgan fingerprint density at radius 2 is 2.33 bits per heavy atom. The Hall–Kier alpha value is -0.970. The number of nitrogens with zero attached hydrogens (tertiary/aromatic N) is 1. The van der Waals surface area contributed by atoms with E-state index in [4.69, 9.17) is 15.2 Å². The first-order valence-corrected chi connectivity index (χ1v) is 5.14. The normalized spacial score (nSPS) is 23.7. The molecule has 1 aromatic heterocycles. The maximum absolute atomic E-state index is 6.09. The monoisotopic (exact) mass is 208 g/mol. The van der Waals surface area contributed by atoms with Crippen LogP contribution < -0.4 is 5.73 Å². The molecule has 2 atom stereocenters. The van der Waals surface area contributed by atoms with Crippen LogP contribution in [0.2, 0.25) is 0 Å². The van der Waals surface area contributed by atoms with Gasteiger partial charge in [0.2, 0.25) is 0 Å². The molecule has 15 heavy (non-hydrogen) atoms. The van der Waals surface area contributed by atoms with E-state index in [0.29, 0.717) is 19.8 Å². The maximum Gasteiger partial charge on any atom is 0.100 e. The average molecular weight is 208 g/mol. The molecule has 1 saturated heterocycles. The van der Waals surface area contributed by atoms with E-state index >= 15 is 0 Å². The summed E-state index contributed by atoms with van der Waals surface area (Å²) in [6, 6.07) is 1.88. The van der Waals surface area contributed by atoms with Gasteiger partial charge in [-0.2, -0.15) is 0 Å². The lowest BCUT2D eigenvalue weighted by atomic mass is 10.0. The molecule has 2 unspecified atom stereocenters. The van der Waals surface area contributed by atoms with Gasteiger partial charge in [0.15, 0.2) is 0 Å². The van der Waals surface area contributed by atoms with Gasteiger partial charge < -0.3 is 15.2 Å². The van der Waals surface area contributed by atoms with Crippen molar-refractivity contribution in [3.8, 4) is 0 Å². The molecule has 82 valence electrons. The van der Waals surface area contributed by atoms with Crippen LogP contribution >= 0.6 is 0 Å². The Balaban J connectivity index is 2.08. The minimum Gasteiger partial charge on any atom is -0.376 e. The number of hydrogen-bond donors (Lipinski definition) is 1. The van der Waals surface area contributed by atoms with Crippen molar-refractivity contribution in [1.29, 1.82) is 0 Å². The van der Waals surface area contributed by atoms with Gasteiger partial charge in [-0.15, -0.1) is 0 Å². The first kappa shape index (κ1) is 10.5. The zero-order chi connectivity index (χ0) is 10.7. The van der Waals surface area contributed by atoms with Crippen molar-refractivity contribution in [2.24, 2.45) is 5.73 Å². The van der Waals surface area contributed by atoms with Gasteiger partial charge in [0.05, 0.1) is 25.9 Å². The van der Waals surface area contributed by atoms with Crippen LogP contribution in [0.5, 0.6) is 0 Å². The van der Waals surface area contributed by atoms with Crippen LogP contribution in [0.15, 0.2) is 18.5 Å². The topological polar surface area (TPSA) is 57.4 Å². The van der Waals surface area contributed by atoms with Gasteiger partial charge in [-0.1, -0.05) is 6.07 Å². The second-order valence-electron chi connectivity index (χ2n) is 3.81. The lowest BCUT2D eigenvalue weighted by molar-refractivity contribution is -0.0976. The highest BCUT2D eigenvalue weighted by atomic mass is 16.6. The van der Waals surface area contributed by atoms with E-state index in [1.807, 2.05) is 19.2 Å². The number of pyridine rings is 1. The Kier molecular flexibility index (Phi) is 3.30. The first-order chi connectivity index (χ1) is 7.27. The van der Waals surface area contributed by atoms with Gasteiger partial charge in [0.1, 0.15) is 6.10 Å². The van der Waals surface area contributed by atoms with Gasteiger partial charge in [0.25, 0.3) is 0 Å². The predicted molar refractivity (Wildman–Crippen MR) is 56.5 cm³/mol. The van der Waals surface area contributed by atoms with Crippen LogP contribution in [0.1, 0.15) is 17.2 Å². The molecular formula is C11H16N2O2. The molecule has 0 saturated carbocycles. The fraction of sp³-hybridized carbons (Fsp3) is 0.545. The molecule has 0 radical (unpaired) electrons. The van der Waals surface area contributed by atoms with E-state index in [1.165, 1.54) is 0 Å². The molecule has 4 heteroatoms. The van der Waals surface area contributed by atoms with Crippen LogP contribution in [-0.2, 0) is 9.47 Å². The highest BCUT2D eigenvalue weighted by Gasteiger charge is 2.23. The van der Waals surface area contributed by atoms with Crippen molar-refractivity contribution in [2.75, 3.05) is 19.8 Å². The predicted octanol–water partition coefficient (Wildman–Crippen LogP) is 0.805. The van der Waals surface area contributed by atoms with E-state index < -0.39 is 0 Å². The molecule has 2 rings (SSSR count). The van der Waals surface area contributed by atoms with Gasteiger partial charge >= 0.3 is 0 Å². The summed E-state index contributed by atoms with van der Waals surface area (Å²) in [4.78, 5) is 4.12. The summed E-state index contributed by atoms with van der Waals surface area (Å²) in [5, 5.41) is 0. The van der Waals surface area contributed by atoms with E-state index in [2.05, 4.69) is 4.98 Å². The van der Waals surface area contributed by atoms with E-state index in [9.17, 15) is 0 Å². The second-order valence-corrected chi connectivity index (χ2v) is 3.81. The van der Waals surface area contributed by atoms with E-state index in [0.717, 1.165) is 11.1 Å². The summed E-state index contributed by atoms with van der Waals surface area (Å²) in [5.74, 6) is 0. The van der Waals surface area contributed by atoms with E-state index in [1.54, 1.807) is 6.20 Å². The largest absolute Gasteiger partial charge is 0.376 e. The minimum absolute atomic E-state index is 0.0534. The number of ether oxygens (including phenoxy) is 2. The van der Waals surface area contributed by atoms with Crippen LogP contribution in [0.3, 0.4) is 0 Å². The van der Waals surface area contributed by atoms with Gasteiger partial charge in [0, 0.05) is 12.4 Å². The van der Waals surface area contributed by atoms with Gasteiger partial charge in [-0.3, -0.25) is 4.98 Å². The third-order valence-electron chi connectivity index (χ3n) is 2.52. The van der Waals surface area contributed by atoms with Crippen molar-refractivity contribution in [2.45, 2.75) is 19.1 Å². The minimum atomic E-state index is -0.155.